The molecule has 0 saturated carbocycles. The Balaban J connectivity index is 2.14. The van der Waals surface area contributed by atoms with Gasteiger partial charge in [-0.05, 0) is 17.9 Å². The lowest BCUT2D eigenvalue weighted by atomic mass is 10.3. The standard InChI is InChI=1S/C10H14N2O3S2/c11-8-2-5-16-9(8)10(13)12-3-1-6-17(14,15)7-4-12/h2,5H,1,3-4,6-7,11H2. The highest BCUT2D eigenvalue weighted by Gasteiger charge is 2.24. The molecule has 0 spiro atoms. The number of sulfone groups is 1. The minimum atomic E-state index is -2.99. The summed E-state index contributed by atoms with van der Waals surface area (Å²) < 4.78 is 22.9. The molecule has 0 bridgehead atoms. The molecule has 5 nitrogen and oxygen atoms in total. The average molecular weight is 274 g/mol. The van der Waals surface area contributed by atoms with Crippen molar-refractivity contribution in [2.24, 2.45) is 0 Å². The molecular weight excluding hydrogens is 260 g/mol. The molecule has 0 atom stereocenters. The second kappa shape index (κ2) is 4.66. The normalized spacial score (nSPS) is 19.9. The SMILES string of the molecule is Nc1ccsc1C(=O)N1CCCS(=O)(=O)CC1. The summed E-state index contributed by atoms with van der Waals surface area (Å²) in [5.41, 5.74) is 6.15. The zero-order valence-corrected chi connectivity index (χ0v) is 10.9. The van der Waals surface area contributed by atoms with E-state index in [4.69, 9.17) is 5.73 Å². The summed E-state index contributed by atoms with van der Waals surface area (Å²) in [6, 6.07) is 1.69. The van der Waals surface area contributed by atoms with E-state index < -0.39 is 9.84 Å². The van der Waals surface area contributed by atoms with Crippen molar-refractivity contribution in [3.8, 4) is 0 Å². The van der Waals surface area contributed by atoms with Crippen molar-refractivity contribution in [2.45, 2.75) is 6.42 Å². The first-order chi connectivity index (χ1) is 7.99. The van der Waals surface area contributed by atoms with Gasteiger partial charge in [0.15, 0.2) is 9.84 Å². The molecule has 17 heavy (non-hydrogen) atoms. The van der Waals surface area contributed by atoms with Gasteiger partial charge in [-0.3, -0.25) is 4.79 Å². The van der Waals surface area contributed by atoms with Crippen molar-refractivity contribution in [3.63, 3.8) is 0 Å². The number of nitrogens with zero attached hydrogens (tertiary/aromatic N) is 1. The molecule has 1 aromatic heterocycles. The van der Waals surface area contributed by atoms with Gasteiger partial charge in [0.1, 0.15) is 4.88 Å². The second-order valence-corrected chi connectivity index (χ2v) is 7.22. The first-order valence-electron chi connectivity index (χ1n) is 5.32. The van der Waals surface area contributed by atoms with E-state index in [-0.39, 0.29) is 24.0 Å². The maximum atomic E-state index is 12.1. The molecule has 7 heteroatoms. The molecule has 0 aliphatic carbocycles. The smallest absolute Gasteiger partial charge is 0.266 e. The Kier molecular flexibility index (Phi) is 3.39. The van der Waals surface area contributed by atoms with Gasteiger partial charge in [-0.1, -0.05) is 0 Å². The van der Waals surface area contributed by atoms with E-state index in [9.17, 15) is 13.2 Å². The minimum Gasteiger partial charge on any atom is -0.397 e. The lowest BCUT2D eigenvalue weighted by Crippen LogP contribution is -2.33. The number of carbonyl (C=O) groups excluding carboxylic acids is 1. The summed E-state index contributed by atoms with van der Waals surface area (Å²) in [5.74, 6) is 0.0513. The van der Waals surface area contributed by atoms with Crippen LogP contribution in [0.3, 0.4) is 0 Å². The Hall–Kier alpha value is -1.08. The van der Waals surface area contributed by atoms with Gasteiger partial charge in [0.05, 0.1) is 17.2 Å². The predicted molar refractivity (Wildman–Crippen MR) is 67.9 cm³/mol. The van der Waals surface area contributed by atoms with Crippen molar-refractivity contribution in [3.05, 3.63) is 16.3 Å². The third kappa shape index (κ3) is 2.78. The molecule has 1 amide bonds. The number of rotatable bonds is 1. The molecule has 1 aromatic rings. The quantitative estimate of drug-likeness (QED) is 0.813. The summed E-state index contributed by atoms with van der Waals surface area (Å²) in [6.07, 6.45) is 0.499. The summed E-state index contributed by atoms with van der Waals surface area (Å²) >= 11 is 1.29. The largest absolute Gasteiger partial charge is 0.397 e. The number of thiophene rings is 1. The van der Waals surface area contributed by atoms with E-state index in [0.717, 1.165) is 0 Å². The van der Waals surface area contributed by atoms with Crippen molar-refractivity contribution < 1.29 is 13.2 Å². The van der Waals surface area contributed by atoms with E-state index in [1.54, 1.807) is 16.3 Å². The van der Waals surface area contributed by atoms with Gasteiger partial charge in [-0.25, -0.2) is 8.42 Å². The fourth-order valence-electron chi connectivity index (χ4n) is 1.78. The zero-order chi connectivity index (χ0) is 12.5. The predicted octanol–water partition coefficient (Wildman–Crippen LogP) is 0.591. The first kappa shape index (κ1) is 12.4. The number of anilines is 1. The summed E-state index contributed by atoms with van der Waals surface area (Å²) in [6.45, 7) is 0.744. The van der Waals surface area contributed by atoms with Crippen LogP contribution in [-0.2, 0) is 9.84 Å². The molecule has 0 unspecified atom stereocenters. The van der Waals surface area contributed by atoms with Crippen molar-refractivity contribution in [1.29, 1.82) is 0 Å². The Morgan fingerprint density at radius 1 is 1.35 bits per heavy atom. The number of nitrogens with two attached hydrogens (primary N) is 1. The monoisotopic (exact) mass is 274 g/mol. The summed E-state index contributed by atoms with van der Waals surface area (Å²) in [5, 5.41) is 1.76. The third-order valence-electron chi connectivity index (χ3n) is 2.73. The molecule has 1 fully saturated rings. The van der Waals surface area contributed by atoms with Crippen LogP contribution in [0.5, 0.6) is 0 Å². The van der Waals surface area contributed by atoms with Crippen LogP contribution in [0.25, 0.3) is 0 Å². The number of carbonyl (C=O) groups is 1. The topological polar surface area (TPSA) is 80.5 Å². The second-order valence-electron chi connectivity index (χ2n) is 4.00. The molecule has 1 aliphatic rings. The molecule has 2 rings (SSSR count). The van der Waals surface area contributed by atoms with E-state index in [1.165, 1.54) is 11.3 Å². The molecule has 0 aromatic carbocycles. The van der Waals surface area contributed by atoms with E-state index in [1.807, 2.05) is 0 Å². The van der Waals surface area contributed by atoms with Gasteiger partial charge in [0, 0.05) is 13.1 Å². The lowest BCUT2D eigenvalue weighted by molar-refractivity contribution is 0.0774. The van der Waals surface area contributed by atoms with Gasteiger partial charge in [-0.15, -0.1) is 11.3 Å². The summed E-state index contributed by atoms with van der Waals surface area (Å²) in [7, 11) is -2.99. The molecule has 1 saturated heterocycles. The highest BCUT2D eigenvalue weighted by molar-refractivity contribution is 7.91. The van der Waals surface area contributed by atoms with Crippen LogP contribution in [0.2, 0.25) is 0 Å². The van der Waals surface area contributed by atoms with Crippen LogP contribution in [-0.4, -0.2) is 43.8 Å². The molecule has 2 N–H and O–H groups in total. The fourth-order valence-corrected chi connectivity index (χ4v) is 3.83. The highest BCUT2D eigenvalue weighted by Crippen LogP contribution is 2.21. The molecular formula is C10H14N2O3S2. The van der Waals surface area contributed by atoms with Crippen molar-refractivity contribution >= 4 is 32.8 Å². The van der Waals surface area contributed by atoms with Crippen LogP contribution in [0.1, 0.15) is 16.1 Å². The molecule has 94 valence electrons. The Labute approximate surface area is 104 Å². The Morgan fingerprint density at radius 3 is 2.76 bits per heavy atom. The molecule has 0 radical (unpaired) electrons. The average Bonchev–Trinajstić information content (AvgIpc) is 2.59. The van der Waals surface area contributed by atoms with Gasteiger partial charge < -0.3 is 10.6 Å². The van der Waals surface area contributed by atoms with Crippen LogP contribution in [0.15, 0.2) is 11.4 Å². The number of hydrogen-bond donors (Lipinski definition) is 1. The van der Waals surface area contributed by atoms with E-state index >= 15 is 0 Å². The number of amides is 1. The van der Waals surface area contributed by atoms with Crippen molar-refractivity contribution in [1.82, 2.24) is 4.90 Å². The molecule has 2 heterocycles. The maximum absolute atomic E-state index is 12.1. The van der Waals surface area contributed by atoms with Gasteiger partial charge >= 0.3 is 0 Å². The highest BCUT2D eigenvalue weighted by atomic mass is 32.2. The Bertz CT molecular complexity index is 521. The first-order valence-corrected chi connectivity index (χ1v) is 8.02. The minimum absolute atomic E-state index is 0.0457. The number of hydrogen-bond acceptors (Lipinski definition) is 5. The fraction of sp³-hybridized carbons (Fsp3) is 0.500. The van der Waals surface area contributed by atoms with Crippen LogP contribution in [0, 0.1) is 0 Å². The van der Waals surface area contributed by atoms with Crippen LogP contribution in [0.4, 0.5) is 5.69 Å². The van der Waals surface area contributed by atoms with E-state index in [2.05, 4.69) is 0 Å². The molecule has 1 aliphatic heterocycles. The van der Waals surface area contributed by atoms with Crippen LogP contribution < -0.4 is 5.73 Å². The van der Waals surface area contributed by atoms with Crippen LogP contribution >= 0.6 is 11.3 Å². The lowest BCUT2D eigenvalue weighted by Gasteiger charge is -2.19. The van der Waals surface area contributed by atoms with Gasteiger partial charge in [0.25, 0.3) is 5.91 Å². The van der Waals surface area contributed by atoms with E-state index in [0.29, 0.717) is 23.5 Å². The number of nitrogen functional groups attached to an aromatic ring is 1. The van der Waals surface area contributed by atoms with Gasteiger partial charge in [0.2, 0.25) is 0 Å². The van der Waals surface area contributed by atoms with Gasteiger partial charge in [-0.2, -0.15) is 0 Å². The Morgan fingerprint density at radius 2 is 2.12 bits per heavy atom. The van der Waals surface area contributed by atoms with Crippen molar-refractivity contribution in [2.75, 3.05) is 30.3 Å². The zero-order valence-electron chi connectivity index (χ0n) is 9.26. The third-order valence-corrected chi connectivity index (χ3v) is 5.37. The summed E-state index contributed by atoms with van der Waals surface area (Å²) in [4.78, 5) is 14.2. The maximum Gasteiger partial charge on any atom is 0.266 e.